The zero-order chi connectivity index (χ0) is 24.9. The molecule has 2 aliphatic carbocycles. The molecular weight excluding hydrogens is 440 g/mol. The first-order valence-corrected chi connectivity index (χ1v) is 13.8. The van der Waals surface area contributed by atoms with Gasteiger partial charge in [0.25, 0.3) is 11.6 Å². The summed E-state index contributed by atoms with van der Waals surface area (Å²) in [5, 5.41) is 2.50. The molecule has 3 aromatic carbocycles. The number of benzene rings is 3. The van der Waals surface area contributed by atoms with Crippen molar-refractivity contribution in [2.24, 2.45) is 24.3 Å². The zero-order valence-electron chi connectivity index (χ0n) is 22.5. The highest BCUT2D eigenvalue weighted by Crippen LogP contribution is 2.54. The monoisotopic (exact) mass is 477 g/mol. The van der Waals surface area contributed by atoms with Gasteiger partial charge in [0, 0.05) is 11.5 Å². The Kier molecular flexibility index (Phi) is 4.66. The van der Waals surface area contributed by atoms with Crippen molar-refractivity contribution >= 4 is 21.8 Å². The topological polar surface area (TPSA) is 26.0 Å². The minimum absolute atomic E-state index is 0.214. The van der Waals surface area contributed by atoms with Gasteiger partial charge in [-0.15, -0.1) is 0 Å². The molecule has 0 spiro atoms. The van der Waals surface area contributed by atoms with Gasteiger partial charge in [-0.2, -0.15) is 4.57 Å². The van der Waals surface area contributed by atoms with Crippen LogP contribution >= 0.6 is 0 Å². The molecule has 3 heteroatoms. The molecule has 3 nitrogen and oxygen atoms in total. The van der Waals surface area contributed by atoms with Gasteiger partial charge in [-0.1, -0.05) is 51.5 Å². The Labute approximate surface area is 214 Å². The van der Waals surface area contributed by atoms with Crippen molar-refractivity contribution in [3.63, 3.8) is 0 Å². The van der Waals surface area contributed by atoms with Crippen molar-refractivity contribution in [2.45, 2.75) is 72.6 Å². The molecule has 184 valence electrons. The van der Waals surface area contributed by atoms with E-state index in [2.05, 4.69) is 82.6 Å². The largest absolute Gasteiger partial charge is 0.433 e. The fourth-order valence-electron chi connectivity index (χ4n) is 7.63. The summed E-state index contributed by atoms with van der Waals surface area (Å²) in [5.74, 6) is 4.09. The number of rotatable bonds is 2. The summed E-state index contributed by atoms with van der Waals surface area (Å²) in [6, 6.07) is 13.8. The highest BCUT2D eigenvalue weighted by Gasteiger charge is 2.42. The molecule has 4 aromatic rings. The fourth-order valence-corrected chi connectivity index (χ4v) is 7.63. The number of hydrogen-bond acceptors (Lipinski definition) is 2. The average Bonchev–Trinajstić information content (AvgIpc) is 3.44. The van der Waals surface area contributed by atoms with E-state index in [0.29, 0.717) is 5.92 Å². The molecule has 1 aromatic heterocycles. The second-order valence-corrected chi connectivity index (χ2v) is 13.0. The van der Waals surface area contributed by atoms with Gasteiger partial charge < -0.3 is 4.74 Å². The smallest absolute Gasteiger partial charge is 0.294 e. The van der Waals surface area contributed by atoms with Crippen LogP contribution in [0.3, 0.4) is 0 Å². The van der Waals surface area contributed by atoms with Crippen LogP contribution in [0.1, 0.15) is 74.6 Å². The van der Waals surface area contributed by atoms with E-state index in [1.165, 1.54) is 69.8 Å². The highest BCUT2D eigenvalue weighted by molar-refractivity contribution is 6.05. The van der Waals surface area contributed by atoms with E-state index in [4.69, 9.17) is 9.72 Å². The number of fused-ring (bicyclic) bond motifs is 5. The van der Waals surface area contributed by atoms with Gasteiger partial charge in [0.1, 0.15) is 18.3 Å². The summed E-state index contributed by atoms with van der Waals surface area (Å²) in [4.78, 5) is 5.32. The quantitative estimate of drug-likeness (QED) is 0.240. The molecule has 0 radical (unpaired) electrons. The van der Waals surface area contributed by atoms with E-state index in [-0.39, 0.29) is 5.41 Å². The Morgan fingerprint density at radius 2 is 1.89 bits per heavy atom. The summed E-state index contributed by atoms with van der Waals surface area (Å²) in [6.45, 7) is 11.4. The van der Waals surface area contributed by atoms with Gasteiger partial charge in [-0.3, -0.25) is 0 Å². The fraction of sp³-hybridized carbons (Fsp3) is 0.455. The van der Waals surface area contributed by atoms with Crippen LogP contribution in [-0.4, -0.2) is 4.98 Å². The Hall–Kier alpha value is -2.94. The Morgan fingerprint density at radius 1 is 1.06 bits per heavy atom. The minimum atomic E-state index is 0.214. The summed E-state index contributed by atoms with van der Waals surface area (Å²) in [6.07, 6.45) is 6.54. The molecule has 36 heavy (non-hydrogen) atoms. The van der Waals surface area contributed by atoms with Crippen molar-refractivity contribution < 1.29 is 9.30 Å². The molecule has 3 atom stereocenters. The van der Waals surface area contributed by atoms with Crippen molar-refractivity contribution in [3.05, 3.63) is 58.7 Å². The third kappa shape index (κ3) is 3.24. The molecule has 0 amide bonds. The normalized spacial score (nSPS) is 22.3. The first-order valence-electron chi connectivity index (χ1n) is 13.8. The maximum atomic E-state index is 6.74. The van der Waals surface area contributed by atoms with Crippen molar-refractivity contribution in [3.8, 4) is 22.9 Å². The third-order valence-corrected chi connectivity index (χ3v) is 9.26. The first-order chi connectivity index (χ1) is 17.2. The molecule has 2 heterocycles. The molecular formula is C33H37N2O+. The van der Waals surface area contributed by atoms with Crippen molar-refractivity contribution in [1.29, 1.82) is 0 Å². The van der Waals surface area contributed by atoms with Crippen molar-refractivity contribution in [2.75, 3.05) is 0 Å². The summed E-state index contributed by atoms with van der Waals surface area (Å²) in [7, 11) is 2.20. The molecule has 2 saturated carbocycles. The van der Waals surface area contributed by atoms with E-state index in [1.807, 2.05) is 0 Å². The molecule has 0 N–H and O–H groups in total. The van der Waals surface area contributed by atoms with Gasteiger partial charge >= 0.3 is 0 Å². The van der Waals surface area contributed by atoms with Crippen LogP contribution < -0.4 is 9.30 Å². The molecule has 2 fully saturated rings. The number of para-hydroxylation sites is 1. The van der Waals surface area contributed by atoms with Crippen LogP contribution in [0.2, 0.25) is 0 Å². The van der Waals surface area contributed by atoms with Crippen molar-refractivity contribution in [1.82, 2.24) is 4.98 Å². The maximum Gasteiger partial charge on any atom is 0.294 e. The van der Waals surface area contributed by atoms with Gasteiger partial charge in [0.2, 0.25) is 5.52 Å². The standard InChI is InChI=1S/C33H37N2O/c1-18-12-23-14-21(17-33(3,4)5)16-27-29(23)28(19(18)2)31-32(36-27)34-30-24(8-7-9-26(30)35(31)6)25-15-20-10-11-22(25)13-20/h7-9,12,14,16,20,22,25H,10-11,13,15,17H2,1-6H3/q+1. The van der Waals surface area contributed by atoms with Gasteiger partial charge in [-0.05, 0) is 96.4 Å². The Balaban J connectivity index is 1.48. The first kappa shape index (κ1) is 22.3. The molecule has 1 aliphatic heterocycles. The van der Waals surface area contributed by atoms with Crippen LogP contribution in [-0.2, 0) is 13.5 Å². The zero-order valence-corrected chi connectivity index (χ0v) is 22.5. The van der Waals surface area contributed by atoms with Crippen LogP contribution in [0.4, 0.5) is 0 Å². The predicted octanol–water partition coefficient (Wildman–Crippen LogP) is 8.09. The molecule has 3 unspecified atom stereocenters. The van der Waals surface area contributed by atoms with E-state index < -0.39 is 0 Å². The molecule has 7 rings (SSSR count). The van der Waals surface area contributed by atoms with Crippen LogP contribution in [0.5, 0.6) is 11.6 Å². The van der Waals surface area contributed by atoms with E-state index in [1.54, 1.807) is 0 Å². The Bertz CT molecular complexity index is 1580. The number of nitrogens with zero attached hydrogens (tertiary/aromatic N) is 2. The third-order valence-electron chi connectivity index (χ3n) is 9.26. The summed E-state index contributed by atoms with van der Waals surface area (Å²) in [5.41, 5.74) is 10.3. The SMILES string of the molecule is Cc1cc2cc(CC(C)(C)C)cc3c2c(c1C)-c1c(nc2c(C4CC5CCC4C5)cccc2[n+]1C)O3. The second kappa shape index (κ2) is 7.54. The molecule has 3 aliphatic rings. The van der Waals surface area contributed by atoms with Gasteiger partial charge in [0.05, 0.1) is 5.56 Å². The lowest BCUT2D eigenvalue weighted by Gasteiger charge is -2.25. The number of ether oxygens (including phenoxy) is 1. The predicted molar refractivity (Wildman–Crippen MR) is 147 cm³/mol. The van der Waals surface area contributed by atoms with Crippen LogP contribution in [0.25, 0.3) is 33.1 Å². The van der Waals surface area contributed by atoms with Gasteiger partial charge in [-0.25, -0.2) is 4.98 Å². The number of hydrogen-bond donors (Lipinski definition) is 0. The highest BCUT2D eigenvalue weighted by atomic mass is 16.5. The second-order valence-electron chi connectivity index (χ2n) is 13.0. The molecule has 0 saturated heterocycles. The van der Waals surface area contributed by atoms with Gasteiger partial charge in [0.15, 0.2) is 0 Å². The van der Waals surface area contributed by atoms with Crippen LogP contribution in [0.15, 0.2) is 36.4 Å². The van der Waals surface area contributed by atoms with E-state index >= 15 is 0 Å². The lowest BCUT2D eigenvalue weighted by molar-refractivity contribution is -0.634. The lowest BCUT2D eigenvalue weighted by atomic mass is 9.82. The number of aromatic nitrogens is 2. The van der Waals surface area contributed by atoms with Crippen LogP contribution in [0, 0.1) is 31.1 Å². The number of aryl methyl sites for hydroxylation is 2. The lowest BCUT2D eigenvalue weighted by Crippen LogP contribution is -2.34. The minimum Gasteiger partial charge on any atom is -0.433 e. The molecule has 2 bridgehead atoms. The maximum absolute atomic E-state index is 6.74. The van der Waals surface area contributed by atoms with E-state index in [9.17, 15) is 0 Å². The Morgan fingerprint density at radius 3 is 2.61 bits per heavy atom. The van der Waals surface area contributed by atoms with E-state index in [0.717, 1.165) is 41.1 Å². The summed E-state index contributed by atoms with van der Waals surface area (Å²) < 4.78 is 9.08. The average molecular weight is 478 g/mol. The summed E-state index contributed by atoms with van der Waals surface area (Å²) >= 11 is 0.